The van der Waals surface area contributed by atoms with Gasteiger partial charge < -0.3 is 4.74 Å². The number of ether oxygens (including phenoxy) is 1. The first-order chi connectivity index (χ1) is 12.3. The summed E-state index contributed by atoms with van der Waals surface area (Å²) in [4.78, 5) is 0. The molecule has 4 rings (SSSR count). The molecule has 1 saturated carbocycles. The molecule has 0 amide bonds. The number of pyridine rings is 1. The van der Waals surface area contributed by atoms with Crippen LogP contribution in [-0.4, -0.2) is 9.61 Å². The standard InChI is InChI=1S/C22H26N2O/c1-2-17-8-10-19(11-9-17)21-15-23-24-13-12-20(14-22(21)24)25-16-18-6-4-3-5-7-18/h3-7,12-15,17,19H,2,8-11,16H2,1H3/t17-,19-. The third kappa shape index (κ3) is 3.55. The van der Waals surface area contributed by atoms with Crippen molar-refractivity contribution in [1.82, 2.24) is 9.61 Å². The van der Waals surface area contributed by atoms with Crippen LogP contribution in [0.2, 0.25) is 0 Å². The average molecular weight is 334 g/mol. The Balaban J connectivity index is 1.51. The Kier molecular flexibility index (Phi) is 4.73. The van der Waals surface area contributed by atoms with Crippen molar-refractivity contribution >= 4 is 5.52 Å². The molecule has 0 spiro atoms. The summed E-state index contributed by atoms with van der Waals surface area (Å²) >= 11 is 0. The Morgan fingerprint density at radius 3 is 2.64 bits per heavy atom. The lowest BCUT2D eigenvalue weighted by Gasteiger charge is -2.27. The summed E-state index contributed by atoms with van der Waals surface area (Å²) in [6.45, 7) is 2.92. The van der Waals surface area contributed by atoms with Gasteiger partial charge in [0.1, 0.15) is 12.4 Å². The van der Waals surface area contributed by atoms with Gasteiger partial charge in [0.05, 0.1) is 11.7 Å². The third-order valence-corrected chi connectivity index (χ3v) is 5.64. The van der Waals surface area contributed by atoms with Crippen molar-refractivity contribution in [2.24, 2.45) is 5.92 Å². The Bertz CT molecular complexity index is 816. The lowest BCUT2D eigenvalue weighted by molar-refractivity contribution is 0.306. The largest absolute Gasteiger partial charge is 0.489 e. The number of rotatable bonds is 5. The van der Waals surface area contributed by atoms with Gasteiger partial charge >= 0.3 is 0 Å². The summed E-state index contributed by atoms with van der Waals surface area (Å²) in [6.07, 6.45) is 10.7. The fraction of sp³-hybridized carbons (Fsp3) is 0.409. The van der Waals surface area contributed by atoms with Crippen LogP contribution in [-0.2, 0) is 6.61 Å². The normalized spacial score (nSPS) is 20.7. The van der Waals surface area contributed by atoms with E-state index >= 15 is 0 Å². The van der Waals surface area contributed by atoms with Crippen LogP contribution in [0.25, 0.3) is 5.52 Å². The Morgan fingerprint density at radius 2 is 1.88 bits per heavy atom. The lowest BCUT2D eigenvalue weighted by Crippen LogP contribution is -2.12. The first kappa shape index (κ1) is 16.2. The summed E-state index contributed by atoms with van der Waals surface area (Å²) in [5, 5.41) is 4.55. The molecule has 3 heteroatoms. The molecule has 3 nitrogen and oxygen atoms in total. The number of hydrogen-bond acceptors (Lipinski definition) is 2. The minimum Gasteiger partial charge on any atom is -0.489 e. The summed E-state index contributed by atoms with van der Waals surface area (Å²) in [7, 11) is 0. The summed E-state index contributed by atoms with van der Waals surface area (Å²) in [6, 6.07) is 14.5. The number of nitrogens with zero attached hydrogens (tertiary/aromatic N) is 2. The van der Waals surface area contributed by atoms with Crippen molar-refractivity contribution in [1.29, 1.82) is 0 Å². The topological polar surface area (TPSA) is 26.5 Å². The molecule has 3 aromatic rings. The van der Waals surface area contributed by atoms with E-state index in [4.69, 9.17) is 4.74 Å². The quantitative estimate of drug-likeness (QED) is 0.607. The van der Waals surface area contributed by atoms with Crippen molar-refractivity contribution in [3.63, 3.8) is 0 Å². The fourth-order valence-electron chi connectivity index (χ4n) is 4.01. The van der Waals surface area contributed by atoms with Crippen molar-refractivity contribution in [3.8, 4) is 5.75 Å². The molecular formula is C22H26N2O. The van der Waals surface area contributed by atoms with Gasteiger partial charge in [-0.3, -0.25) is 0 Å². The number of aromatic nitrogens is 2. The SMILES string of the molecule is CC[C@H]1CC[C@H](c2cnn3ccc(OCc4ccccc4)cc23)CC1. The molecule has 0 aliphatic heterocycles. The van der Waals surface area contributed by atoms with Gasteiger partial charge in [0.2, 0.25) is 0 Å². The maximum Gasteiger partial charge on any atom is 0.123 e. The van der Waals surface area contributed by atoms with Crippen molar-refractivity contribution < 1.29 is 4.74 Å². The van der Waals surface area contributed by atoms with E-state index in [1.54, 1.807) is 0 Å². The fourth-order valence-corrected chi connectivity index (χ4v) is 4.01. The van der Waals surface area contributed by atoms with Crippen molar-refractivity contribution in [2.75, 3.05) is 0 Å². The Labute approximate surface area is 149 Å². The summed E-state index contributed by atoms with van der Waals surface area (Å²) in [5.74, 6) is 2.48. The van der Waals surface area contributed by atoms with Gasteiger partial charge in [-0.2, -0.15) is 5.10 Å². The molecule has 0 N–H and O–H groups in total. The van der Waals surface area contributed by atoms with Gasteiger partial charge in [-0.05, 0) is 49.1 Å². The van der Waals surface area contributed by atoms with E-state index in [-0.39, 0.29) is 0 Å². The second-order valence-corrected chi connectivity index (χ2v) is 7.19. The third-order valence-electron chi connectivity index (χ3n) is 5.64. The van der Waals surface area contributed by atoms with Gasteiger partial charge in [0.25, 0.3) is 0 Å². The van der Waals surface area contributed by atoms with E-state index in [9.17, 15) is 0 Å². The minimum absolute atomic E-state index is 0.599. The molecule has 0 atom stereocenters. The van der Waals surface area contributed by atoms with E-state index < -0.39 is 0 Å². The number of hydrogen-bond donors (Lipinski definition) is 0. The van der Waals surface area contributed by atoms with Gasteiger partial charge in [-0.15, -0.1) is 0 Å². The lowest BCUT2D eigenvalue weighted by atomic mass is 9.78. The zero-order valence-electron chi connectivity index (χ0n) is 14.9. The second-order valence-electron chi connectivity index (χ2n) is 7.19. The number of benzene rings is 1. The average Bonchev–Trinajstić information content (AvgIpc) is 3.10. The molecule has 0 bridgehead atoms. The summed E-state index contributed by atoms with van der Waals surface area (Å²) in [5.41, 5.74) is 3.78. The van der Waals surface area contributed by atoms with Crippen molar-refractivity contribution in [3.05, 3.63) is 66.0 Å². The predicted molar refractivity (Wildman–Crippen MR) is 101 cm³/mol. The second kappa shape index (κ2) is 7.30. The molecule has 2 heterocycles. The van der Waals surface area contributed by atoms with Crippen LogP contribution in [0.15, 0.2) is 54.9 Å². The molecule has 0 radical (unpaired) electrons. The molecule has 0 saturated heterocycles. The molecule has 130 valence electrons. The molecule has 2 aromatic heterocycles. The Hall–Kier alpha value is -2.29. The van der Waals surface area contributed by atoms with E-state index in [0.717, 1.165) is 11.7 Å². The predicted octanol–water partition coefficient (Wildman–Crippen LogP) is 5.60. The van der Waals surface area contributed by atoms with Crippen LogP contribution in [0.4, 0.5) is 0 Å². The van der Waals surface area contributed by atoms with Gasteiger partial charge in [-0.25, -0.2) is 4.52 Å². The minimum atomic E-state index is 0.599. The Morgan fingerprint density at radius 1 is 1.08 bits per heavy atom. The van der Waals surface area contributed by atoms with E-state index in [1.807, 2.05) is 35.0 Å². The number of fused-ring (bicyclic) bond motifs is 1. The first-order valence-corrected chi connectivity index (χ1v) is 9.47. The van der Waals surface area contributed by atoms with Crippen LogP contribution in [0.5, 0.6) is 5.75 Å². The van der Waals surface area contributed by atoms with Crippen LogP contribution in [0.3, 0.4) is 0 Å². The van der Waals surface area contributed by atoms with E-state index in [1.165, 1.54) is 48.7 Å². The highest BCUT2D eigenvalue weighted by Gasteiger charge is 2.23. The molecule has 25 heavy (non-hydrogen) atoms. The van der Waals surface area contributed by atoms with Crippen LogP contribution < -0.4 is 4.74 Å². The molecule has 1 fully saturated rings. The first-order valence-electron chi connectivity index (χ1n) is 9.47. The molecular weight excluding hydrogens is 308 g/mol. The van der Waals surface area contributed by atoms with Gasteiger partial charge in [0, 0.05) is 17.8 Å². The molecule has 1 aliphatic rings. The highest BCUT2D eigenvalue weighted by Crippen LogP contribution is 2.38. The zero-order chi connectivity index (χ0) is 17.1. The van der Waals surface area contributed by atoms with Crippen LogP contribution >= 0.6 is 0 Å². The van der Waals surface area contributed by atoms with Gasteiger partial charge in [0.15, 0.2) is 0 Å². The van der Waals surface area contributed by atoms with Crippen molar-refractivity contribution in [2.45, 2.75) is 51.6 Å². The molecule has 0 unspecified atom stereocenters. The maximum absolute atomic E-state index is 6.01. The molecule has 1 aliphatic carbocycles. The zero-order valence-corrected chi connectivity index (χ0v) is 14.9. The van der Waals surface area contributed by atoms with E-state index in [0.29, 0.717) is 12.5 Å². The highest BCUT2D eigenvalue weighted by atomic mass is 16.5. The summed E-state index contributed by atoms with van der Waals surface area (Å²) < 4.78 is 7.99. The van der Waals surface area contributed by atoms with Crippen LogP contribution in [0, 0.1) is 5.92 Å². The monoisotopic (exact) mass is 334 g/mol. The van der Waals surface area contributed by atoms with Crippen LogP contribution in [0.1, 0.15) is 56.1 Å². The smallest absolute Gasteiger partial charge is 0.123 e. The maximum atomic E-state index is 6.01. The van der Waals surface area contributed by atoms with E-state index in [2.05, 4.69) is 36.4 Å². The highest BCUT2D eigenvalue weighted by molar-refractivity contribution is 5.58. The van der Waals surface area contributed by atoms with Gasteiger partial charge in [-0.1, -0.05) is 43.7 Å². The molecule has 1 aromatic carbocycles.